The van der Waals surface area contributed by atoms with Gasteiger partial charge in [-0.3, -0.25) is 9.36 Å². The van der Waals surface area contributed by atoms with Gasteiger partial charge < -0.3 is 14.6 Å². The Bertz CT molecular complexity index is 691. The number of ether oxygens (including phenoxy) is 2. The van der Waals surface area contributed by atoms with Crippen LogP contribution in [0.5, 0.6) is 11.5 Å². The van der Waals surface area contributed by atoms with Crippen LogP contribution in [-0.4, -0.2) is 27.4 Å². The van der Waals surface area contributed by atoms with E-state index in [0.717, 1.165) is 17.2 Å². The zero-order chi connectivity index (χ0) is 14.3. The van der Waals surface area contributed by atoms with E-state index in [0.29, 0.717) is 17.2 Å². The molecule has 0 aliphatic carbocycles. The van der Waals surface area contributed by atoms with Crippen molar-refractivity contribution in [2.45, 2.75) is 20.3 Å². The van der Waals surface area contributed by atoms with Crippen molar-refractivity contribution in [3.63, 3.8) is 0 Å². The highest BCUT2D eigenvalue weighted by molar-refractivity contribution is 5.70. The lowest BCUT2D eigenvalue weighted by Gasteiger charge is -2.10. The van der Waals surface area contributed by atoms with E-state index < -0.39 is 5.97 Å². The lowest BCUT2D eigenvalue weighted by atomic mass is 10.2. The first-order chi connectivity index (χ1) is 9.56. The van der Waals surface area contributed by atoms with Crippen LogP contribution < -0.4 is 9.47 Å². The van der Waals surface area contributed by atoms with Gasteiger partial charge >= 0.3 is 5.97 Å². The first-order valence-corrected chi connectivity index (χ1v) is 6.23. The minimum Gasteiger partial charge on any atom is -0.481 e. The highest BCUT2D eigenvalue weighted by Crippen LogP contribution is 2.34. The molecule has 0 saturated heterocycles. The van der Waals surface area contributed by atoms with Gasteiger partial charge in [0, 0.05) is 6.07 Å². The minimum atomic E-state index is -0.880. The molecule has 0 amide bonds. The van der Waals surface area contributed by atoms with Crippen LogP contribution in [0.2, 0.25) is 0 Å². The van der Waals surface area contributed by atoms with Gasteiger partial charge in [0.25, 0.3) is 0 Å². The molecular weight excluding hydrogens is 260 g/mol. The average Bonchev–Trinajstić information content (AvgIpc) is 2.93. The first-order valence-electron chi connectivity index (χ1n) is 6.23. The summed E-state index contributed by atoms with van der Waals surface area (Å²) in [5.41, 5.74) is 2.22. The number of aliphatic carboxylic acids is 1. The maximum absolute atomic E-state index is 11.0. The number of hydrogen-bond donors (Lipinski definition) is 1. The molecule has 3 rings (SSSR count). The minimum absolute atomic E-state index is 0.0683. The second-order valence-electron chi connectivity index (χ2n) is 4.63. The van der Waals surface area contributed by atoms with E-state index in [4.69, 9.17) is 14.6 Å². The Balaban J connectivity index is 2.11. The molecule has 20 heavy (non-hydrogen) atoms. The quantitative estimate of drug-likeness (QED) is 0.924. The number of aryl methyl sites for hydroxylation is 2. The smallest absolute Gasteiger partial charge is 0.309 e. The van der Waals surface area contributed by atoms with E-state index in [2.05, 4.69) is 4.98 Å². The van der Waals surface area contributed by atoms with Gasteiger partial charge in [-0.2, -0.15) is 0 Å². The van der Waals surface area contributed by atoms with E-state index in [1.165, 1.54) is 0 Å². The SMILES string of the molecule is Cc1nc(C)n(-c2ccc3c(c2)OCO3)c1CC(=O)O. The highest BCUT2D eigenvalue weighted by Gasteiger charge is 2.19. The lowest BCUT2D eigenvalue weighted by Crippen LogP contribution is -2.09. The third-order valence-electron chi connectivity index (χ3n) is 3.27. The Labute approximate surface area is 115 Å². The molecule has 0 fully saturated rings. The zero-order valence-corrected chi connectivity index (χ0v) is 11.2. The summed E-state index contributed by atoms with van der Waals surface area (Å²) in [7, 11) is 0. The van der Waals surface area contributed by atoms with E-state index in [1.54, 1.807) is 0 Å². The average molecular weight is 274 g/mol. The molecule has 1 N–H and O–H groups in total. The fourth-order valence-electron chi connectivity index (χ4n) is 2.43. The van der Waals surface area contributed by atoms with Crippen molar-refractivity contribution < 1.29 is 19.4 Å². The number of benzene rings is 1. The standard InChI is InChI=1S/C14H14N2O4/c1-8-11(6-14(17)18)16(9(2)15-8)10-3-4-12-13(5-10)20-7-19-12/h3-5H,6-7H2,1-2H3,(H,17,18). The summed E-state index contributed by atoms with van der Waals surface area (Å²) in [6.45, 7) is 3.88. The Morgan fingerprint density at radius 2 is 2.10 bits per heavy atom. The van der Waals surface area contributed by atoms with E-state index in [9.17, 15) is 4.79 Å². The van der Waals surface area contributed by atoms with Crippen LogP contribution in [0.4, 0.5) is 0 Å². The van der Waals surface area contributed by atoms with Gasteiger partial charge in [0.2, 0.25) is 6.79 Å². The molecule has 1 aromatic heterocycles. The van der Waals surface area contributed by atoms with E-state index >= 15 is 0 Å². The van der Waals surface area contributed by atoms with Crippen molar-refractivity contribution >= 4 is 5.97 Å². The van der Waals surface area contributed by atoms with Gasteiger partial charge in [-0.05, 0) is 26.0 Å². The monoisotopic (exact) mass is 274 g/mol. The van der Waals surface area contributed by atoms with Gasteiger partial charge in [-0.15, -0.1) is 0 Å². The zero-order valence-electron chi connectivity index (χ0n) is 11.2. The van der Waals surface area contributed by atoms with Crippen LogP contribution >= 0.6 is 0 Å². The molecule has 0 atom stereocenters. The van der Waals surface area contributed by atoms with Crippen LogP contribution in [0.3, 0.4) is 0 Å². The predicted molar refractivity (Wildman–Crippen MR) is 70.5 cm³/mol. The summed E-state index contributed by atoms with van der Waals surface area (Å²) in [5.74, 6) is 1.23. The summed E-state index contributed by atoms with van der Waals surface area (Å²) < 4.78 is 12.5. The van der Waals surface area contributed by atoms with Crippen molar-refractivity contribution in [3.8, 4) is 17.2 Å². The molecule has 6 nitrogen and oxygen atoms in total. The molecule has 1 aliphatic heterocycles. The van der Waals surface area contributed by atoms with E-state index in [1.807, 2.05) is 36.6 Å². The van der Waals surface area contributed by atoms with Crippen LogP contribution in [0.15, 0.2) is 18.2 Å². The number of carbonyl (C=O) groups is 1. The number of rotatable bonds is 3. The molecule has 0 radical (unpaired) electrons. The maximum atomic E-state index is 11.0. The molecule has 2 aromatic rings. The maximum Gasteiger partial charge on any atom is 0.309 e. The molecule has 104 valence electrons. The predicted octanol–water partition coefficient (Wildman–Crippen LogP) is 1.84. The Hall–Kier alpha value is -2.50. The van der Waals surface area contributed by atoms with Crippen LogP contribution in [-0.2, 0) is 11.2 Å². The van der Waals surface area contributed by atoms with Crippen molar-refractivity contribution in [2.75, 3.05) is 6.79 Å². The Kier molecular flexibility index (Phi) is 2.85. The largest absolute Gasteiger partial charge is 0.481 e. The van der Waals surface area contributed by atoms with E-state index in [-0.39, 0.29) is 13.2 Å². The number of fused-ring (bicyclic) bond motifs is 1. The Morgan fingerprint density at radius 1 is 1.35 bits per heavy atom. The fraction of sp³-hybridized carbons (Fsp3) is 0.286. The molecule has 1 aromatic carbocycles. The molecule has 2 heterocycles. The molecule has 0 saturated carbocycles. The number of nitrogens with zero attached hydrogens (tertiary/aromatic N) is 2. The number of hydrogen-bond acceptors (Lipinski definition) is 4. The third kappa shape index (κ3) is 1.99. The highest BCUT2D eigenvalue weighted by atomic mass is 16.7. The van der Waals surface area contributed by atoms with Gasteiger partial charge in [-0.1, -0.05) is 0 Å². The van der Waals surface area contributed by atoms with Gasteiger partial charge in [0.1, 0.15) is 5.82 Å². The fourth-order valence-corrected chi connectivity index (χ4v) is 2.43. The molecule has 6 heteroatoms. The lowest BCUT2D eigenvalue weighted by molar-refractivity contribution is -0.136. The van der Waals surface area contributed by atoms with Crippen LogP contribution in [0.1, 0.15) is 17.2 Å². The summed E-state index contributed by atoms with van der Waals surface area (Å²) >= 11 is 0. The Morgan fingerprint density at radius 3 is 2.85 bits per heavy atom. The topological polar surface area (TPSA) is 73.6 Å². The summed E-state index contributed by atoms with van der Waals surface area (Å²) in [4.78, 5) is 15.4. The normalized spacial score (nSPS) is 12.7. The van der Waals surface area contributed by atoms with Crippen LogP contribution in [0.25, 0.3) is 5.69 Å². The number of aromatic nitrogens is 2. The van der Waals surface area contributed by atoms with Crippen molar-refractivity contribution in [1.82, 2.24) is 9.55 Å². The van der Waals surface area contributed by atoms with Crippen LogP contribution in [0, 0.1) is 13.8 Å². The second-order valence-corrected chi connectivity index (χ2v) is 4.63. The molecular formula is C14H14N2O4. The van der Waals surface area contributed by atoms with Crippen molar-refractivity contribution in [3.05, 3.63) is 35.4 Å². The number of imidazole rings is 1. The molecule has 0 spiro atoms. The summed E-state index contributed by atoms with van der Waals surface area (Å²) in [5, 5.41) is 9.04. The third-order valence-corrected chi connectivity index (χ3v) is 3.27. The molecule has 0 unspecified atom stereocenters. The van der Waals surface area contributed by atoms with Gasteiger partial charge in [-0.25, -0.2) is 4.98 Å². The number of carboxylic acid groups (broad SMARTS) is 1. The summed E-state index contributed by atoms with van der Waals surface area (Å²) in [6.07, 6.45) is -0.0683. The first kappa shape index (κ1) is 12.5. The molecule has 0 bridgehead atoms. The molecule has 1 aliphatic rings. The van der Waals surface area contributed by atoms with Gasteiger partial charge in [0.15, 0.2) is 11.5 Å². The summed E-state index contributed by atoms with van der Waals surface area (Å²) in [6, 6.07) is 5.52. The second kappa shape index (κ2) is 4.56. The van der Waals surface area contributed by atoms with Gasteiger partial charge in [0.05, 0.1) is 23.5 Å². The number of carboxylic acids is 1. The van der Waals surface area contributed by atoms with Crippen molar-refractivity contribution in [1.29, 1.82) is 0 Å². The van der Waals surface area contributed by atoms with Crippen molar-refractivity contribution in [2.24, 2.45) is 0 Å².